The number of carbonyl (C=O) groups excluding carboxylic acids is 1. The summed E-state index contributed by atoms with van der Waals surface area (Å²) in [6.45, 7) is 6.62. The number of fused-ring (bicyclic) bond motifs is 1. The third-order valence-corrected chi connectivity index (χ3v) is 3.03. The van der Waals surface area contributed by atoms with Gasteiger partial charge in [0.05, 0.1) is 10.5 Å². The number of carbonyl (C=O) groups is 1. The van der Waals surface area contributed by atoms with Crippen molar-refractivity contribution >= 4 is 11.5 Å². The fourth-order valence-corrected chi connectivity index (χ4v) is 2.07. The molecule has 1 aromatic carbocycles. The van der Waals surface area contributed by atoms with Crippen molar-refractivity contribution in [2.45, 2.75) is 33.3 Å². The van der Waals surface area contributed by atoms with Gasteiger partial charge in [-0.1, -0.05) is 0 Å². The summed E-state index contributed by atoms with van der Waals surface area (Å²) < 4.78 is 5.58. The maximum absolute atomic E-state index is 12.1. The van der Waals surface area contributed by atoms with Gasteiger partial charge in [0.15, 0.2) is 5.60 Å². The van der Waals surface area contributed by atoms with Gasteiger partial charge in [-0.25, -0.2) is 0 Å². The molecule has 1 aliphatic rings. The van der Waals surface area contributed by atoms with Gasteiger partial charge in [0.25, 0.3) is 5.69 Å². The lowest BCUT2D eigenvalue weighted by Crippen LogP contribution is -2.32. The minimum Gasteiger partial charge on any atom is -0.479 e. The maximum Gasteiger partial charge on any atom is 0.273 e. The SMILES string of the molecule is Cc1cc([N+](=O)[O-])c(C)c2c1OC(C)(C)C2=O. The van der Waals surface area contributed by atoms with Gasteiger partial charge in [-0.2, -0.15) is 0 Å². The van der Waals surface area contributed by atoms with Crippen LogP contribution in [0.25, 0.3) is 0 Å². The number of hydrogen-bond donors (Lipinski definition) is 0. The Kier molecular flexibility index (Phi) is 2.24. The second-order valence-electron chi connectivity index (χ2n) is 4.74. The molecule has 2 rings (SSSR count). The lowest BCUT2D eigenvalue weighted by molar-refractivity contribution is -0.385. The summed E-state index contributed by atoms with van der Waals surface area (Å²) in [7, 11) is 0. The number of ether oxygens (including phenoxy) is 1. The highest BCUT2D eigenvalue weighted by molar-refractivity contribution is 6.09. The standard InChI is InChI=1S/C12H13NO4/c1-6-5-8(13(15)16)7(2)9-10(6)17-12(3,4)11(9)14/h5H,1-4H3. The molecule has 0 saturated heterocycles. The lowest BCUT2D eigenvalue weighted by Gasteiger charge is -2.15. The van der Waals surface area contributed by atoms with Gasteiger partial charge >= 0.3 is 0 Å². The quantitative estimate of drug-likeness (QED) is 0.554. The van der Waals surface area contributed by atoms with E-state index in [4.69, 9.17) is 4.74 Å². The first-order chi connectivity index (χ1) is 7.75. The summed E-state index contributed by atoms with van der Waals surface area (Å²) in [5.74, 6) is 0.278. The Morgan fingerprint density at radius 2 is 1.94 bits per heavy atom. The van der Waals surface area contributed by atoms with E-state index in [-0.39, 0.29) is 11.5 Å². The number of benzene rings is 1. The molecule has 0 aliphatic carbocycles. The molecule has 0 saturated carbocycles. The van der Waals surface area contributed by atoms with Gasteiger partial charge < -0.3 is 4.74 Å². The number of nitro benzene ring substituents is 1. The minimum atomic E-state index is -0.937. The van der Waals surface area contributed by atoms with E-state index in [0.29, 0.717) is 22.4 Å². The molecule has 5 nitrogen and oxygen atoms in total. The first kappa shape index (κ1) is 11.6. The van der Waals surface area contributed by atoms with E-state index in [1.54, 1.807) is 27.7 Å². The predicted octanol–water partition coefficient (Wildman–Crippen LogP) is 2.57. The van der Waals surface area contributed by atoms with E-state index in [2.05, 4.69) is 0 Å². The Balaban J connectivity index is 2.76. The molecule has 1 aliphatic heterocycles. The topological polar surface area (TPSA) is 69.4 Å². The number of ketones is 1. The molecule has 0 atom stereocenters. The van der Waals surface area contributed by atoms with Crippen LogP contribution in [0.4, 0.5) is 5.69 Å². The summed E-state index contributed by atoms with van der Waals surface area (Å²) >= 11 is 0. The Hall–Kier alpha value is -1.91. The molecule has 1 heterocycles. The second-order valence-corrected chi connectivity index (χ2v) is 4.74. The summed E-state index contributed by atoms with van der Waals surface area (Å²) in [6.07, 6.45) is 0. The fraction of sp³-hybridized carbons (Fsp3) is 0.417. The number of aryl methyl sites for hydroxylation is 1. The van der Waals surface area contributed by atoms with Crippen LogP contribution in [0.15, 0.2) is 6.07 Å². The van der Waals surface area contributed by atoms with E-state index in [0.717, 1.165) is 0 Å². The number of hydrogen-bond acceptors (Lipinski definition) is 4. The molecule has 1 aromatic rings. The summed E-state index contributed by atoms with van der Waals surface area (Å²) in [4.78, 5) is 22.5. The van der Waals surface area contributed by atoms with Crippen LogP contribution in [0.5, 0.6) is 5.75 Å². The minimum absolute atomic E-state index is 0.0316. The molecule has 0 radical (unpaired) electrons. The van der Waals surface area contributed by atoms with Crippen LogP contribution in [0.2, 0.25) is 0 Å². The Bertz CT molecular complexity index is 546. The Morgan fingerprint density at radius 1 is 1.35 bits per heavy atom. The lowest BCUT2D eigenvalue weighted by atomic mass is 9.94. The van der Waals surface area contributed by atoms with Gasteiger partial charge in [0.2, 0.25) is 5.78 Å². The molecule has 17 heavy (non-hydrogen) atoms. The van der Waals surface area contributed by atoms with Crippen molar-refractivity contribution < 1.29 is 14.5 Å². The van der Waals surface area contributed by atoms with E-state index < -0.39 is 10.5 Å². The van der Waals surface area contributed by atoms with E-state index >= 15 is 0 Å². The zero-order valence-corrected chi connectivity index (χ0v) is 10.2. The molecule has 0 bridgehead atoms. The van der Waals surface area contributed by atoms with E-state index in [9.17, 15) is 14.9 Å². The molecular weight excluding hydrogens is 222 g/mol. The molecule has 0 N–H and O–H groups in total. The Labute approximate surface area is 98.5 Å². The summed E-state index contributed by atoms with van der Waals surface area (Å²) in [5, 5.41) is 10.9. The van der Waals surface area contributed by atoms with Crippen molar-refractivity contribution in [3.8, 4) is 5.75 Å². The average Bonchev–Trinajstić information content (AvgIpc) is 2.45. The van der Waals surface area contributed by atoms with Gasteiger partial charge in [-0.15, -0.1) is 0 Å². The van der Waals surface area contributed by atoms with Crippen molar-refractivity contribution in [3.05, 3.63) is 32.9 Å². The van der Waals surface area contributed by atoms with Crippen LogP contribution in [0.3, 0.4) is 0 Å². The van der Waals surface area contributed by atoms with Crippen LogP contribution in [-0.2, 0) is 0 Å². The predicted molar refractivity (Wildman–Crippen MR) is 61.6 cm³/mol. The number of nitro groups is 1. The summed E-state index contributed by atoms with van der Waals surface area (Å²) in [6, 6.07) is 1.45. The molecule has 0 unspecified atom stereocenters. The van der Waals surface area contributed by atoms with Crippen molar-refractivity contribution in [1.82, 2.24) is 0 Å². The molecule has 5 heteroatoms. The second kappa shape index (κ2) is 3.29. The molecule has 0 aromatic heterocycles. The van der Waals surface area contributed by atoms with Gasteiger partial charge in [0.1, 0.15) is 5.75 Å². The molecular formula is C12H13NO4. The zero-order valence-electron chi connectivity index (χ0n) is 10.2. The van der Waals surface area contributed by atoms with Crippen molar-refractivity contribution in [2.75, 3.05) is 0 Å². The third-order valence-electron chi connectivity index (χ3n) is 3.03. The monoisotopic (exact) mass is 235 g/mol. The van der Waals surface area contributed by atoms with Crippen LogP contribution in [-0.4, -0.2) is 16.3 Å². The maximum atomic E-state index is 12.1. The zero-order chi connectivity index (χ0) is 13.0. The fourth-order valence-electron chi connectivity index (χ4n) is 2.07. The smallest absolute Gasteiger partial charge is 0.273 e. The van der Waals surface area contributed by atoms with E-state index in [1.165, 1.54) is 6.07 Å². The molecule has 0 spiro atoms. The van der Waals surface area contributed by atoms with E-state index in [1.807, 2.05) is 0 Å². The summed E-state index contributed by atoms with van der Waals surface area (Å²) in [5.41, 5.74) is 0.382. The highest BCUT2D eigenvalue weighted by Gasteiger charge is 2.43. The highest BCUT2D eigenvalue weighted by Crippen LogP contribution is 2.42. The number of nitrogens with zero attached hydrogens (tertiary/aromatic N) is 1. The molecule has 0 amide bonds. The van der Waals surface area contributed by atoms with Crippen molar-refractivity contribution in [2.24, 2.45) is 0 Å². The van der Waals surface area contributed by atoms with Crippen LogP contribution in [0, 0.1) is 24.0 Å². The van der Waals surface area contributed by atoms with Crippen molar-refractivity contribution in [1.29, 1.82) is 0 Å². The number of Topliss-reactive ketones (excluding diaryl/α,β-unsaturated/α-hetero) is 1. The van der Waals surface area contributed by atoms with Crippen LogP contribution in [0.1, 0.15) is 35.3 Å². The first-order valence-corrected chi connectivity index (χ1v) is 5.28. The number of rotatable bonds is 1. The Morgan fingerprint density at radius 3 is 2.47 bits per heavy atom. The molecule has 90 valence electrons. The largest absolute Gasteiger partial charge is 0.479 e. The van der Waals surface area contributed by atoms with Gasteiger partial charge in [0, 0.05) is 11.6 Å². The average molecular weight is 235 g/mol. The normalized spacial score (nSPS) is 16.6. The van der Waals surface area contributed by atoms with Gasteiger partial charge in [-0.3, -0.25) is 14.9 Å². The van der Waals surface area contributed by atoms with Crippen LogP contribution < -0.4 is 4.74 Å². The van der Waals surface area contributed by atoms with Crippen LogP contribution >= 0.6 is 0 Å². The first-order valence-electron chi connectivity index (χ1n) is 5.28. The highest BCUT2D eigenvalue weighted by atomic mass is 16.6. The van der Waals surface area contributed by atoms with Gasteiger partial charge in [-0.05, 0) is 33.3 Å². The molecule has 0 fully saturated rings. The van der Waals surface area contributed by atoms with Crippen molar-refractivity contribution in [3.63, 3.8) is 0 Å². The third kappa shape index (κ3) is 1.50.